The predicted molar refractivity (Wildman–Crippen MR) is 128 cm³/mol. The van der Waals surface area contributed by atoms with E-state index in [1.807, 2.05) is 0 Å². The molecule has 1 fully saturated rings. The standard InChI is InChI=1S/C24H32N4O9/c25-7-10-35-12-14-36-13-11-34-9-2-8-26-20(30)15-37-18-4-1-3-16-21(18)24(33)28(23(16)32)17-5-6-19(29)27-22(17)31/h1,3-4,17H,2,5-15,25H2,(H,26,30)(H,27,29,31). The van der Waals surface area contributed by atoms with Crippen molar-refractivity contribution in [2.24, 2.45) is 5.73 Å². The molecule has 4 N–H and O–H groups in total. The molecule has 2 aliphatic rings. The van der Waals surface area contributed by atoms with Crippen molar-refractivity contribution in [2.45, 2.75) is 25.3 Å². The van der Waals surface area contributed by atoms with Gasteiger partial charge in [-0.05, 0) is 25.0 Å². The van der Waals surface area contributed by atoms with Gasteiger partial charge in [0, 0.05) is 26.1 Å². The molecular formula is C24H32N4O9. The summed E-state index contributed by atoms with van der Waals surface area (Å²) in [6.07, 6.45) is 0.660. The first-order valence-electron chi connectivity index (χ1n) is 12.1. The highest BCUT2D eigenvalue weighted by Crippen LogP contribution is 2.33. The number of rotatable bonds is 16. The van der Waals surface area contributed by atoms with Gasteiger partial charge in [-0.25, -0.2) is 0 Å². The van der Waals surface area contributed by atoms with Gasteiger partial charge in [0.2, 0.25) is 11.8 Å². The van der Waals surface area contributed by atoms with Crippen molar-refractivity contribution < 1.29 is 42.9 Å². The summed E-state index contributed by atoms with van der Waals surface area (Å²) in [7, 11) is 0. The van der Waals surface area contributed by atoms with Gasteiger partial charge in [-0.3, -0.25) is 34.2 Å². The molecular weight excluding hydrogens is 488 g/mol. The Kier molecular flexibility index (Phi) is 11.0. The number of carbonyl (C=O) groups excluding carboxylic acids is 5. The van der Waals surface area contributed by atoms with Crippen LogP contribution in [0.1, 0.15) is 40.0 Å². The van der Waals surface area contributed by atoms with Gasteiger partial charge in [-0.1, -0.05) is 6.07 Å². The molecule has 0 saturated carbocycles. The van der Waals surface area contributed by atoms with E-state index < -0.39 is 35.6 Å². The minimum Gasteiger partial charge on any atom is -0.483 e. The number of ether oxygens (including phenoxy) is 4. The number of piperidine rings is 1. The van der Waals surface area contributed by atoms with E-state index in [9.17, 15) is 24.0 Å². The lowest BCUT2D eigenvalue weighted by Gasteiger charge is -2.27. The smallest absolute Gasteiger partial charge is 0.266 e. The number of fused-ring (bicyclic) bond motifs is 1. The number of nitrogens with two attached hydrogens (primary N) is 1. The summed E-state index contributed by atoms with van der Waals surface area (Å²) in [5.74, 6) is -2.83. The van der Waals surface area contributed by atoms with Crippen LogP contribution in [-0.4, -0.2) is 99.8 Å². The molecule has 1 atom stereocenters. The second-order valence-electron chi connectivity index (χ2n) is 8.24. The van der Waals surface area contributed by atoms with Gasteiger partial charge in [-0.15, -0.1) is 0 Å². The number of hydrogen-bond donors (Lipinski definition) is 3. The van der Waals surface area contributed by atoms with Gasteiger partial charge >= 0.3 is 0 Å². The number of nitrogens with one attached hydrogen (secondary N) is 2. The van der Waals surface area contributed by atoms with Crippen LogP contribution in [0.3, 0.4) is 0 Å². The Morgan fingerprint density at radius 2 is 1.70 bits per heavy atom. The van der Waals surface area contributed by atoms with Crippen LogP contribution < -0.4 is 21.1 Å². The number of hydrogen-bond acceptors (Lipinski definition) is 10. The van der Waals surface area contributed by atoms with Crippen LogP contribution in [0, 0.1) is 0 Å². The molecule has 0 bridgehead atoms. The van der Waals surface area contributed by atoms with E-state index in [4.69, 9.17) is 24.7 Å². The average molecular weight is 521 g/mol. The quantitative estimate of drug-likeness (QED) is 0.181. The van der Waals surface area contributed by atoms with Crippen molar-refractivity contribution >= 4 is 29.5 Å². The van der Waals surface area contributed by atoms with E-state index in [0.29, 0.717) is 59.2 Å². The molecule has 5 amide bonds. The number of amides is 5. The molecule has 2 aliphatic heterocycles. The van der Waals surface area contributed by atoms with Crippen molar-refractivity contribution in [3.8, 4) is 5.75 Å². The molecule has 1 aromatic carbocycles. The second kappa shape index (κ2) is 14.4. The number of nitrogens with zero attached hydrogens (tertiary/aromatic N) is 1. The lowest BCUT2D eigenvalue weighted by atomic mass is 10.0. The van der Waals surface area contributed by atoms with Crippen molar-refractivity contribution in [1.82, 2.24) is 15.5 Å². The highest BCUT2D eigenvalue weighted by molar-refractivity contribution is 6.24. The van der Waals surface area contributed by atoms with Crippen molar-refractivity contribution in [1.29, 1.82) is 0 Å². The zero-order valence-corrected chi connectivity index (χ0v) is 20.5. The van der Waals surface area contributed by atoms with E-state index in [1.165, 1.54) is 18.2 Å². The third kappa shape index (κ3) is 7.79. The summed E-state index contributed by atoms with van der Waals surface area (Å²) in [4.78, 5) is 62.5. The Morgan fingerprint density at radius 3 is 2.41 bits per heavy atom. The third-order valence-electron chi connectivity index (χ3n) is 5.58. The SMILES string of the molecule is NCCOCCOCCOCCCNC(=O)COc1cccc2c1C(=O)N(C1CCC(=O)NC1=O)C2=O. The number of imide groups is 2. The normalized spacial score (nSPS) is 17.1. The second-order valence-corrected chi connectivity index (χ2v) is 8.24. The molecule has 3 rings (SSSR count). The minimum atomic E-state index is -1.08. The maximum atomic E-state index is 13.0. The Morgan fingerprint density at radius 1 is 1.00 bits per heavy atom. The lowest BCUT2D eigenvalue weighted by Crippen LogP contribution is -2.54. The van der Waals surface area contributed by atoms with Crippen LogP contribution in [0.4, 0.5) is 0 Å². The highest BCUT2D eigenvalue weighted by Gasteiger charge is 2.46. The number of carbonyl (C=O) groups is 5. The fourth-order valence-electron chi connectivity index (χ4n) is 3.83. The summed E-state index contributed by atoms with van der Waals surface area (Å²) in [5.41, 5.74) is 5.38. The Labute approximate surface area is 213 Å². The maximum Gasteiger partial charge on any atom is 0.266 e. The molecule has 2 heterocycles. The molecule has 13 heteroatoms. The van der Waals surface area contributed by atoms with Crippen LogP contribution in [0.2, 0.25) is 0 Å². The Bertz CT molecular complexity index is 1000. The Balaban J connectivity index is 1.37. The summed E-state index contributed by atoms with van der Waals surface area (Å²) < 4.78 is 21.5. The fourth-order valence-corrected chi connectivity index (χ4v) is 3.83. The highest BCUT2D eigenvalue weighted by atomic mass is 16.5. The summed E-state index contributed by atoms with van der Waals surface area (Å²) >= 11 is 0. The third-order valence-corrected chi connectivity index (χ3v) is 5.58. The van der Waals surface area contributed by atoms with E-state index in [2.05, 4.69) is 10.6 Å². The first-order chi connectivity index (χ1) is 17.9. The molecule has 0 radical (unpaired) electrons. The summed E-state index contributed by atoms with van der Waals surface area (Å²) in [6, 6.07) is 3.38. The Hall–Kier alpha value is -3.39. The molecule has 202 valence electrons. The zero-order valence-electron chi connectivity index (χ0n) is 20.5. The van der Waals surface area contributed by atoms with Gasteiger partial charge in [0.15, 0.2) is 6.61 Å². The fraction of sp³-hybridized carbons (Fsp3) is 0.542. The van der Waals surface area contributed by atoms with Crippen LogP contribution in [0.5, 0.6) is 5.75 Å². The first kappa shape index (κ1) is 28.2. The molecule has 1 aromatic rings. The van der Waals surface area contributed by atoms with Crippen LogP contribution >= 0.6 is 0 Å². The van der Waals surface area contributed by atoms with Crippen molar-refractivity contribution in [2.75, 3.05) is 59.3 Å². The molecule has 0 aliphatic carbocycles. The number of benzene rings is 1. The van der Waals surface area contributed by atoms with Gasteiger partial charge < -0.3 is 30.0 Å². The largest absolute Gasteiger partial charge is 0.483 e. The van der Waals surface area contributed by atoms with Crippen LogP contribution in [0.25, 0.3) is 0 Å². The average Bonchev–Trinajstić information content (AvgIpc) is 3.13. The molecule has 13 nitrogen and oxygen atoms in total. The molecule has 0 spiro atoms. The topological polar surface area (TPSA) is 176 Å². The molecule has 0 aromatic heterocycles. The van der Waals surface area contributed by atoms with Gasteiger partial charge in [0.05, 0.1) is 44.2 Å². The summed E-state index contributed by atoms with van der Waals surface area (Å²) in [6.45, 7) is 3.24. The zero-order chi connectivity index (χ0) is 26.6. The predicted octanol–water partition coefficient (Wildman–Crippen LogP) is -1.02. The lowest BCUT2D eigenvalue weighted by molar-refractivity contribution is -0.136. The monoisotopic (exact) mass is 520 g/mol. The van der Waals surface area contributed by atoms with Crippen molar-refractivity contribution in [3.63, 3.8) is 0 Å². The summed E-state index contributed by atoms with van der Waals surface area (Å²) in [5, 5.41) is 4.84. The van der Waals surface area contributed by atoms with E-state index in [0.717, 1.165) is 4.90 Å². The van der Waals surface area contributed by atoms with Crippen LogP contribution in [-0.2, 0) is 28.6 Å². The maximum absolute atomic E-state index is 13.0. The molecule has 37 heavy (non-hydrogen) atoms. The molecule has 1 saturated heterocycles. The first-order valence-corrected chi connectivity index (χ1v) is 12.1. The van der Waals surface area contributed by atoms with Crippen LogP contribution in [0.15, 0.2) is 18.2 Å². The van der Waals surface area contributed by atoms with Gasteiger partial charge in [-0.2, -0.15) is 0 Å². The van der Waals surface area contributed by atoms with Gasteiger partial charge in [0.1, 0.15) is 11.8 Å². The van der Waals surface area contributed by atoms with Gasteiger partial charge in [0.25, 0.3) is 17.7 Å². The van der Waals surface area contributed by atoms with E-state index in [-0.39, 0.29) is 36.3 Å². The molecule has 1 unspecified atom stereocenters. The minimum absolute atomic E-state index is 0.00781. The van der Waals surface area contributed by atoms with E-state index >= 15 is 0 Å². The van der Waals surface area contributed by atoms with Crippen molar-refractivity contribution in [3.05, 3.63) is 29.3 Å². The van der Waals surface area contributed by atoms with E-state index in [1.54, 1.807) is 0 Å².